The number of hydrogen-bond donors (Lipinski definition) is 2. The molecule has 4 rings (SSSR count). The van der Waals surface area contributed by atoms with Gasteiger partial charge in [-0.25, -0.2) is 9.29 Å². The first-order chi connectivity index (χ1) is 14.4. The Balaban J connectivity index is 1.81. The molecule has 2 aromatic carbocycles. The van der Waals surface area contributed by atoms with Gasteiger partial charge in [0.25, 0.3) is 0 Å². The number of halogens is 1. The maximum Gasteiger partial charge on any atom is 0.321 e. The predicted octanol–water partition coefficient (Wildman–Crippen LogP) is 1.75. The summed E-state index contributed by atoms with van der Waals surface area (Å²) < 4.78 is 23.9. The summed E-state index contributed by atoms with van der Waals surface area (Å²) in [7, 11) is 2.94. The highest BCUT2D eigenvalue weighted by Gasteiger charge is 2.61. The number of aliphatic carboxylic acids is 1. The van der Waals surface area contributed by atoms with Crippen LogP contribution in [-0.2, 0) is 14.4 Å². The molecule has 156 valence electrons. The molecule has 2 amide bonds. The van der Waals surface area contributed by atoms with Crippen molar-refractivity contribution < 1.29 is 33.4 Å². The van der Waals surface area contributed by atoms with Crippen LogP contribution >= 0.6 is 0 Å². The highest BCUT2D eigenvalue weighted by atomic mass is 19.1. The number of fused-ring (bicyclic) bond motifs is 1. The first-order valence-corrected chi connectivity index (χ1v) is 9.21. The van der Waals surface area contributed by atoms with E-state index in [2.05, 4.69) is 5.32 Å². The van der Waals surface area contributed by atoms with Gasteiger partial charge in [-0.15, -0.1) is 0 Å². The number of carbonyl (C=O) groups is 3. The monoisotopic (exact) mass is 414 g/mol. The molecule has 4 atom stereocenters. The molecule has 2 aliphatic heterocycles. The Labute approximate surface area is 171 Å². The molecular weight excluding hydrogens is 395 g/mol. The zero-order valence-corrected chi connectivity index (χ0v) is 16.2. The van der Waals surface area contributed by atoms with Crippen molar-refractivity contribution in [3.8, 4) is 11.5 Å². The van der Waals surface area contributed by atoms with E-state index < -0.39 is 47.5 Å². The Morgan fingerprint density at radius 1 is 1.03 bits per heavy atom. The Morgan fingerprint density at radius 2 is 1.70 bits per heavy atom. The van der Waals surface area contributed by atoms with Crippen molar-refractivity contribution in [2.75, 3.05) is 19.1 Å². The fourth-order valence-corrected chi connectivity index (χ4v) is 4.25. The molecule has 8 nitrogen and oxygen atoms in total. The van der Waals surface area contributed by atoms with Crippen LogP contribution in [0.4, 0.5) is 10.1 Å². The van der Waals surface area contributed by atoms with E-state index in [0.29, 0.717) is 17.1 Å². The smallest absolute Gasteiger partial charge is 0.321 e. The van der Waals surface area contributed by atoms with E-state index in [0.717, 1.165) is 17.0 Å². The lowest BCUT2D eigenvalue weighted by atomic mass is 9.86. The van der Waals surface area contributed by atoms with E-state index in [1.807, 2.05) is 0 Å². The standard InChI is InChI=1S/C21H19FN2O6/c1-29-12-7-8-14(30-2)13(9-12)17-15-16(18(23-17)21(27)28)20(26)24(19(15)25)11-5-3-10(22)4-6-11/h3-9,15-18,23H,1-2H3,(H,27,28)/t15-,16-,17+,18+/m1/s1. The van der Waals surface area contributed by atoms with Gasteiger partial charge < -0.3 is 14.6 Å². The number of amides is 2. The van der Waals surface area contributed by atoms with Crippen LogP contribution in [0.3, 0.4) is 0 Å². The number of benzene rings is 2. The number of carboxylic acid groups (broad SMARTS) is 1. The predicted molar refractivity (Wildman–Crippen MR) is 103 cm³/mol. The average Bonchev–Trinajstić information content (AvgIpc) is 3.25. The van der Waals surface area contributed by atoms with Crippen LogP contribution in [0.1, 0.15) is 11.6 Å². The lowest BCUT2D eigenvalue weighted by Gasteiger charge is -2.23. The van der Waals surface area contributed by atoms with Crippen molar-refractivity contribution in [2.45, 2.75) is 12.1 Å². The summed E-state index contributed by atoms with van der Waals surface area (Å²) in [6.45, 7) is 0. The van der Waals surface area contributed by atoms with E-state index in [1.54, 1.807) is 18.2 Å². The maximum absolute atomic E-state index is 13.3. The molecule has 2 aliphatic rings. The second kappa shape index (κ2) is 7.42. The number of hydrogen-bond acceptors (Lipinski definition) is 6. The molecule has 0 radical (unpaired) electrons. The first kappa shape index (κ1) is 19.8. The minimum absolute atomic E-state index is 0.196. The molecule has 2 aromatic rings. The fraction of sp³-hybridized carbons (Fsp3) is 0.286. The number of imide groups is 1. The van der Waals surface area contributed by atoms with E-state index in [4.69, 9.17) is 9.47 Å². The Bertz CT molecular complexity index is 1020. The Kier molecular flexibility index (Phi) is 4.90. The van der Waals surface area contributed by atoms with E-state index in [-0.39, 0.29) is 5.69 Å². The molecule has 9 heteroatoms. The topological polar surface area (TPSA) is 105 Å². The van der Waals surface area contributed by atoms with Crippen LogP contribution in [0.2, 0.25) is 0 Å². The molecule has 0 unspecified atom stereocenters. The highest BCUT2D eigenvalue weighted by molar-refractivity contribution is 6.23. The highest BCUT2D eigenvalue weighted by Crippen LogP contribution is 2.47. The average molecular weight is 414 g/mol. The van der Waals surface area contributed by atoms with Crippen molar-refractivity contribution in [1.82, 2.24) is 5.32 Å². The number of rotatable bonds is 5. The van der Waals surface area contributed by atoms with Crippen LogP contribution in [-0.4, -0.2) is 43.2 Å². The summed E-state index contributed by atoms with van der Waals surface area (Å²) in [5.74, 6) is -4.10. The largest absolute Gasteiger partial charge is 0.497 e. The number of ether oxygens (including phenoxy) is 2. The van der Waals surface area contributed by atoms with E-state index in [1.165, 1.54) is 26.4 Å². The molecule has 30 heavy (non-hydrogen) atoms. The van der Waals surface area contributed by atoms with Crippen molar-refractivity contribution in [1.29, 1.82) is 0 Å². The normalized spacial score (nSPS) is 25.4. The SMILES string of the molecule is COc1ccc(OC)c([C@@H]2N[C@H](C(=O)O)[C@@H]3C(=O)N(c4ccc(F)cc4)C(=O)[C@H]32)c1. The summed E-state index contributed by atoms with van der Waals surface area (Å²) in [5, 5.41) is 12.6. The van der Waals surface area contributed by atoms with Gasteiger partial charge in [0, 0.05) is 11.6 Å². The number of methoxy groups -OCH3 is 2. The first-order valence-electron chi connectivity index (χ1n) is 9.21. The van der Waals surface area contributed by atoms with Crippen LogP contribution < -0.4 is 19.7 Å². The summed E-state index contributed by atoms with van der Waals surface area (Å²) in [5.41, 5.74) is 0.707. The van der Waals surface area contributed by atoms with E-state index >= 15 is 0 Å². The summed E-state index contributed by atoms with van der Waals surface area (Å²) in [6, 6.07) is 7.83. The van der Waals surface area contributed by atoms with Gasteiger partial charge in [0.2, 0.25) is 11.8 Å². The number of anilines is 1. The van der Waals surface area contributed by atoms with Gasteiger partial charge in [-0.1, -0.05) is 0 Å². The zero-order valence-electron chi connectivity index (χ0n) is 16.2. The van der Waals surface area contributed by atoms with Crippen LogP contribution in [0, 0.1) is 17.7 Å². The minimum Gasteiger partial charge on any atom is -0.497 e. The van der Waals surface area contributed by atoms with Gasteiger partial charge in [-0.3, -0.25) is 19.7 Å². The molecule has 2 heterocycles. The molecule has 2 fully saturated rings. The summed E-state index contributed by atoms with van der Waals surface area (Å²) >= 11 is 0. The second-order valence-electron chi connectivity index (χ2n) is 7.11. The summed E-state index contributed by atoms with van der Waals surface area (Å²) in [4.78, 5) is 39.2. The fourth-order valence-electron chi connectivity index (χ4n) is 4.25. The van der Waals surface area contributed by atoms with Crippen LogP contribution in [0.15, 0.2) is 42.5 Å². The van der Waals surface area contributed by atoms with Crippen molar-refractivity contribution >= 4 is 23.5 Å². The van der Waals surface area contributed by atoms with Crippen LogP contribution in [0.25, 0.3) is 0 Å². The molecule has 0 spiro atoms. The van der Waals surface area contributed by atoms with Crippen molar-refractivity contribution in [2.24, 2.45) is 11.8 Å². The quantitative estimate of drug-likeness (QED) is 0.718. The van der Waals surface area contributed by atoms with Gasteiger partial charge in [-0.05, 0) is 42.5 Å². The maximum atomic E-state index is 13.3. The van der Waals surface area contributed by atoms with Gasteiger partial charge in [0.05, 0.1) is 31.7 Å². The van der Waals surface area contributed by atoms with E-state index in [9.17, 15) is 23.9 Å². The van der Waals surface area contributed by atoms with Crippen LogP contribution in [0.5, 0.6) is 11.5 Å². The molecular formula is C21H19FN2O6. The second-order valence-corrected chi connectivity index (χ2v) is 7.11. The van der Waals surface area contributed by atoms with Gasteiger partial charge in [-0.2, -0.15) is 0 Å². The number of nitrogens with one attached hydrogen (secondary N) is 1. The Hall–Kier alpha value is -3.46. The lowest BCUT2D eigenvalue weighted by Crippen LogP contribution is -2.43. The third-order valence-corrected chi connectivity index (χ3v) is 5.60. The molecule has 2 saturated heterocycles. The minimum atomic E-state index is -1.27. The molecule has 0 aliphatic carbocycles. The molecule has 0 saturated carbocycles. The molecule has 0 aromatic heterocycles. The number of carbonyl (C=O) groups excluding carboxylic acids is 2. The third kappa shape index (κ3) is 2.98. The number of nitrogens with zero attached hydrogens (tertiary/aromatic N) is 1. The van der Waals surface area contributed by atoms with Crippen molar-refractivity contribution in [3.05, 3.63) is 53.8 Å². The summed E-state index contributed by atoms with van der Waals surface area (Å²) in [6.07, 6.45) is 0. The van der Waals surface area contributed by atoms with Crippen molar-refractivity contribution in [3.63, 3.8) is 0 Å². The third-order valence-electron chi connectivity index (χ3n) is 5.60. The Morgan fingerprint density at radius 3 is 2.30 bits per heavy atom. The number of carboxylic acids is 1. The van der Waals surface area contributed by atoms with Gasteiger partial charge >= 0.3 is 5.97 Å². The lowest BCUT2D eigenvalue weighted by molar-refractivity contribution is -0.142. The van der Waals surface area contributed by atoms with Gasteiger partial charge in [0.15, 0.2) is 0 Å². The van der Waals surface area contributed by atoms with Gasteiger partial charge in [0.1, 0.15) is 23.4 Å². The molecule has 0 bridgehead atoms. The zero-order chi connectivity index (χ0) is 21.6. The molecule has 2 N–H and O–H groups in total.